The van der Waals surface area contributed by atoms with Crippen LogP contribution in [-0.2, 0) is 19.6 Å². The molecule has 2 aromatic carbocycles. The van der Waals surface area contributed by atoms with Crippen molar-refractivity contribution in [1.29, 1.82) is 0 Å². The summed E-state index contributed by atoms with van der Waals surface area (Å²) >= 11 is 0. The van der Waals surface area contributed by atoms with Gasteiger partial charge in [0.15, 0.2) is 0 Å². The molecule has 9 heteroatoms. The number of hydrogen-bond acceptors (Lipinski definition) is 7. The molecular weight excluding hydrogens is 406 g/mol. The van der Waals surface area contributed by atoms with E-state index in [0.717, 1.165) is 11.1 Å². The maximum absolute atomic E-state index is 12.7. The first-order chi connectivity index (χ1) is 14.2. The Hall–Kier alpha value is -3.04. The minimum absolute atomic E-state index is 0.0167. The van der Waals surface area contributed by atoms with Gasteiger partial charge in [0, 0.05) is 11.1 Å². The highest BCUT2D eigenvalue weighted by atomic mass is 32.2. The monoisotopic (exact) mass is 429 g/mol. The molecule has 0 aliphatic heterocycles. The quantitative estimate of drug-likeness (QED) is 0.574. The van der Waals surface area contributed by atoms with Crippen LogP contribution in [0.3, 0.4) is 0 Å². The maximum Gasteiger partial charge on any atom is 0.324 e. The van der Waals surface area contributed by atoms with Crippen molar-refractivity contribution >= 4 is 16.0 Å². The number of nitrogens with zero attached hydrogens (tertiary/aromatic N) is 2. The average molecular weight is 429 g/mol. The molecule has 0 aliphatic rings. The van der Waals surface area contributed by atoms with Crippen molar-refractivity contribution in [3.8, 4) is 22.8 Å². The summed E-state index contributed by atoms with van der Waals surface area (Å²) in [6.45, 7) is 5.45. The zero-order valence-electron chi connectivity index (χ0n) is 17.1. The Balaban J connectivity index is 1.81. The number of carbonyl (C=O) groups excluding carboxylic acids is 1. The smallest absolute Gasteiger partial charge is 0.324 e. The van der Waals surface area contributed by atoms with Gasteiger partial charge < -0.3 is 9.26 Å². The highest BCUT2D eigenvalue weighted by Crippen LogP contribution is 2.24. The third-order valence-corrected chi connectivity index (χ3v) is 6.01. The molecule has 8 nitrogen and oxygen atoms in total. The SMILES string of the molecule is COC(=O)[C@H](NS(=O)(=O)c1ccc(-c2noc(-c3ccc(C)cc3)n2)cc1)C(C)C. The molecule has 1 heterocycles. The van der Waals surface area contributed by atoms with E-state index in [2.05, 4.69) is 19.6 Å². The van der Waals surface area contributed by atoms with E-state index in [1.165, 1.54) is 19.2 Å². The van der Waals surface area contributed by atoms with Gasteiger partial charge in [0.05, 0.1) is 12.0 Å². The van der Waals surface area contributed by atoms with E-state index in [9.17, 15) is 13.2 Å². The second-order valence-electron chi connectivity index (χ2n) is 7.18. The Bertz CT molecular complexity index is 1120. The summed E-state index contributed by atoms with van der Waals surface area (Å²) in [4.78, 5) is 16.3. The standard InChI is InChI=1S/C21H23N3O5S/c1-13(2)18(21(25)28-4)24-30(26,27)17-11-9-15(10-12-17)19-22-20(29-23-19)16-7-5-14(3)6-8-16/h5-13,18,24H,1-4H3/t18-/m1/s1. The zero-order valence-corrected chi connectivity index (χ0v) is 17.9. The highest BCUT2D eigenvalue weighted by Gasteiger charge is 2.29. The zero-order chi connectivity index (χ0) is 21.9. The molecule has 0 unspecified atom stereocenters. The van der Waals surface area contributed by atoms with Crippen molar-refractivity contribution in [2.45, 2.75) is 31.7 Å². The lowest BCUT2D eigenvalue weighted by atomic mass is 10.1. The minimum Gasteiger partial charge on any atom is -0.468 e. The first-order valence-corrected chi connectivity index (χ1v) is 10.8. The van der Waals surface area contributed by atoms with Crippen LogP contribution < -0.4 is 4.72 Å². The number of aryl methyl sites for hydroxylation is 1. The molecule has 0 saturated carbocycles. The van der Waals surface area contributed by atoms with Crippen molar-refractivity contribution < 1.29 is 22.5 Å². The number of benzene rings is 2. The Kier molecular flexibility index (Phi) is 6.33. The lowest BCUT2D eigenvalue weighted by Crippen LogP contribution is -2.44. The number of esters is 1. The number of methoxy groups -OCH3 is 1. The molecule has 3 aromatic rings. The summed E-state index contributed by atoms with van der Waals surface area (Å²) in [6.07, 6.45) is 0. The predicted octanol–water partition coefficient (Wildman–Crippen LogP) is 3.19. The molecular formula is C21H23N3O5S. The summed E-state index contributed by atoms with van der Waals surface area (Å²) in [6, 6.07) is 12.7. The van der Waals surface area contributed by atoms with Gasteiger partial charge in [0.2, 0.25) is 15.8 Å². The van der Waals surface area contributed by atoms with Crippen LogP contribution >= 0.6 is 0 Å². The Morgan fingerprint density at radius 3 is 2.20 bits per heavy atom. The predicted molar refractivity (Wildman–Crippen MR) is 111 cm³/mol. The van der Waals surface area contributed by atoms with Crippen LogP contribution in [0.4, 0.5) is 0 Å². The average Bonchev–Trinajstić information content (AvgIpc) is 3.22. The molecule has 0 radical (unpaired) electrons. The number of aromatic nitrogens is 2. The molecule has 0 spiro atoms. The van der Waals surface area contributed by atoms with Gasteiger partial charge >= 0.3 is 5.97 Å². The Labute approximate surface area is 175 Å². The fraction of sp³-hybridized carbons (Fsp3) is 0.286. The van der Waals surface area contributed by atoms with Gasteiger partial charge in [0.1, 0.15) is 6.04 Å². The van der Waals surface area contributed by atoms with Gasteiger partial charge in [-0.15, -0.1) is 0 Å². The summed E-state index contributed by atoms with van der Waals surface area (Å²) in [7, 11) is -2.70. The fourth-order valence-corrected chi connectivity index (χ4v) is 4.09. The van der Waals surface area contributed by atoms with Gasteiger partial charge in [0.25, 0.3) is 5.89 Å². The van der Waals surface area contributed by atoms with Crippen LogP contribution in [-0.4, -0.2) is 37.7 Å². The minimum atomic E-state index is -3.92. The van der Waals surface area contributed by atoms with E-state index in [-0.39, 0.29) is 10.8 Å². The van der Waals surface area contributed by atoms with Gasteiger partial charge in [-0.1, -0.05) is 36.7 Å². The number of ether oxygens (including phenoxy) is 1. The van der Waals surface area contributed by atoms with Crippen LogP contribution in [0.25, 0.3) is 22.8 Å². The molecule has 0 fully saturated rings. The molecule has 1 aromatic heterocycles. The van der Waals surface area contributed by atoms with Crippen LogP contribution in [0, 0.1) is 12.8 Å². The molecule has 3 rings (SSSR count). The van der Waals surface area contributed by atoms with Crippen LogP contribution in [0.1, 0.15) is 19.4 Å². The fourth-order valence-electron chi connectivity index (χ4n) is 2.76. The second-order valence-corrected chi connectivity index (χ2v) is 8.89. The van der Waals surface area contributed by atoms with Gasteiger partial charge in [-0.3, -0.25) is 4.79 Å². The molecule has 0 bridgehead atoms. The molecule has 1 atom stereocenters. The highest BCUT2D eigenvalue weighted by molar-refractivity contribution is 7.89. The molecule has 1 N–H and O–H groups in total. The summed E-state index contributed by atoms with van der Waals surface area (Å²) in [5, 5.41) is 3.97. The van der Waals surface area contributed by atoms with Crippen LogP contribution in [0.15, 0.2) is 57.9 Å². The lowest BCUT2D eigenvalue weighted by molar-refractivity contribution is -0.143. The number of nitrogens with one attached hydrogen (secondary N) is 1. The molecule has 0 saturated heterocycles. The first-order valence-electron chi connectivity index (χ1n) is 9.32. The van der Waals surface area contributed by atoms with Gasteiger partial charge in [-0.25, -0.2) is 8.42 Å². The van der Waals surface area contributed by atoms with Crippen molar-refractivity contribution in [2.24, 2.45) is 5.92 Å². The number of hydrogen-bond donors (Lipinski definition) is 1. The normalized spacial score (nSPS) is 12.7. The molecule has 30 heavy (non-hydrogen) atoms. The van der Waals surface area contributed by atoms with Gasteiger partial charge in [-0.2, -0.15) is 9.71 Å². The summed E-state index contributed by atoms with van der Waals surface area (Å²) in [5.41, 5.74) is 2.52. The molecule has 0 aliphatic carbocycles. The van der Waals surface area contributed by atoms with E-state index in [1.807, 2.05) is 31.2 Å². The third kappa shape index (κ3) is 4.74. The van der Waals surface area contributed by atoms with Crippen LogP contribution in [0.2, 0.25) is 0 Å². The number of sulfonamides is 1. The first kappa shape index (κ1) is 21.7. The van der Waals surface area contributed by atoms with Crippen LogP contribution in [0.5, 0.6) is 0 Å². The van der Waals surface area contributed by atoms with Crippen molar-refractivity contribution in [3.05, 3.63) is 54.1 Å². The second kappa shape index (κ2) is 8.76. The van der Waals surface area contributed by atoms with Gasteiger partial charge in [-0.05, 0) is 49.2 Å². The van der Waals surface area contributed by atoms with E-state index in [0.29, 0.717) is 17.3 Å². The largest absolute Gasteiger partial charge is 0.468 e. The topological polar surface area (TPSA) is 111 Å². The molecule has 0 amide bonds. The van der Waals surface area contributed by atoms with Crippen molar-refractivity contribution in [3.63, 3.8) is 0 Å². The van der Waals surface area contributed by atoms with E-state index >= 15 is 0 Å². The maximum atomic E-state index is 12.7. The Morgan fingerprint density at radius 1 is 1.03 bits per heavy atom. The molecule has 158 valence electrons. The van der Waals surface area contributed by atoms with E-state index in [4.69, 9.17) is 4.52 Å². The summed E-state index contributed by atoms with van der Waals surface area (Å²) < 4.78 is 37.7. The Morgan fingerprint density at radius 2 is 1.63 bits per heavy atom. The number of rotatable bonds is 7. The van der Waals surface area contributed by atoms with E-state index in [1.54, 1.807) is 26.0 Å². The van der Waals surface area contributed by atoms with Crippen molar-refractivity contribution in [2.75, 3.05) is 7.11 Å². The lowest BCUT2D eigenvalue weighted by Gasteiger charge is -2.19. The summed E-state index contributed by atoms with van der Waals surface area (Å²) in [5.74, 6) is -0.190. The number of carbonyl (C=O) groups is 1. The van der Waals surface area contributed by atoms with E-state index < -0.39 is 22.0 Å². The third-order valence-electron chi connectivity index (χ3n) is 4.55. The van der Waals surface area contributed by atoms with Crippen molar-refractivity contribution in [1.82, 2.24) is 14.9 Å².